The Morgan fingerprint density at radius 3 is 2.08 bits per heavy atom. The summed E-state index contributed by atoms with van der Waals surface area (Å²) in [4.78, 5) is 11.3. The van der Waals surface area contributed by atoms with Crippen molar-refractivity contribution in [3.63, 3.8) is 0 Å². The first-order valence-electron chi connectivity index (χ1n) is 9.56. The van der Waals surface area contributed by atoms with Gasteiger partial charge in [0, 0.05) is 0 Å². The van der Waals surface area contributed by atoms with E-state index in [0.717, 1.165) is 29.6 Å². The molecule has 3 nitrogen and oxygen atoms in total. The summed E-state index contributed by atoms with van der Waals surface area (Å²) in [6.45, 7) is 4.20. The summed E-state index contributed by atoms with van der Waals surface area (Å²) < 4.78 is 11.0. The lowest BCUT2D eigenvalue weighted by Crippen LogP contribution is -1.99. The van der Waals surface area contributed by atoms with Gasteiger partial charge in [0.15, 0.2) is 6.29 Å². The lowest BCUT2D eigenvalue weighted by molar-refractivity contribution is 0.112. The Hall–Kier alpha value is -1.77. The highest BCUT2D eigenvalue weighted by Crippen LogP contribution is 2.36. The molecule has 0 aliphatic rings. The number of hydrogen-bond donors (Lipinski definition) is 0. The van der Waals surface area contributed by atoms with E-state index in [1.807, 2.05) is 13.0 Å². The van der Waals surface area contributed by atoms with Gasteiger partial charge in [-0.2, -0.15) is 0 Å². The van der Waals surface area contributed by atoms with E-state index < -0.39 is 0 Å². The van der Waals surface area contributed by atoms with E-state index in [-0.39, 0.29) is 0 Å². The van der Waals surface area contributed by atoms with Gasteiger partial charge in [0.25, 0.3) is 0 Å². The summed E-state index contributed by atoms with van der Waals surface area (Å²) in [6, 6.07) is 1.81. The van der Waals surface area contributed by atoms with Gasteiger partial charge in [-0.05, 0) is 31.4 Å². The number of benzene rings is 1. The first-order valence-corrected chi connectivity index (χ1v) is 9.56. The predicted octanol–water partition coefficient (Wildman–Crippen LogP) is 6.37. The van der Waals surface area contributed by atoms with Crippen LogP contribution in [0, 0.1) is 6.92 Å². The van der Waals surface area contributed by atoms with Crippen LogP contribution in [0.1, 0.15) is 86.2 Å². The molecule has 0 saturated carbocycles. The smallest absolute Gasteiger partial charge is 0.153 e. The summed E-state index contributed by atoms with van der Waals surface area (Å²) >= 11 is 0. The maximum Gasteiger partial charge on any atom is 0.153 e. The lowest BCUT2D eigenvalue weighted by atomic mass is 10.0. The minimum atomic E-state index is 0.563. The number of aldehydes is 1. The molecule has 0 N–H and O–H groups in total. The highest BCUT2D eigenvalue weighted by atomic mass is 16.5. The second-order valence-electron chi connectivity index (χ2n) is 6.55. The average molecular weight is 347 g/mol. The summed E-state index contributed by atoms with van der Waals surface area (Å²) in [6.07, 6.45) is 16.6. The Morgan fingerprint density at radius 2 is 1.52 bits per heavy atom. The predicted molar refractivity (Wildman–Crippen MR) is 106 cm³/mol. The van der Waals surface area contributed by atoms with Gasteiger partial charge in [-0.15, -0.1) is 0 Å². The quantitative estimate of drug-likeness (QED) is 0.307. The van der Waals surface area contributed by atoms with E-state index in [9.17, 15) is 4.79 Å². The van der Waals surface area contributed by atoms with E-state index >= 15 is 0 Å². The molecule has 1 aromatic rings. The average Bonchev–Trinajstić information content (AvgIpc) is 2.62. The summed E-state index contributed by atoms with van der Waals surface area (Å²) in [5, 5.41) is 0. The van der Waals surface area contributed by atoms with Crippen molar-refractivity contribution in [1.29, 1.82) is 0 Å². The van der Waals surface area contributed by atoms with Gasteiger partial charge < -0.3 is 9.47 Å². The van der Waals surface area contributed by atoms with Gasteiger partial charge in [0.1, 0.15) is 11.5 Å². The molecular weight excluding hydrogens is 312 g/mol. The summed E-state index contributed by atoms with van der Waals surface area (Å²) in [7, 11) is 3.24. The lowest BCUT2D eigenvalue weighted by Gasteiger charge is -2.15. The molecule has 0 spiro atoms. The van der Waals surface area contributed by atoms with E-state index in [0.29, 0.717) is 11.3 Å². The number of ether oxygens (including phenoxy) is 2. The van der Waals surface area contributed by atoms with Crippen LogP contribution in [0.15, 0.2) is 12.1 Å². The summed E-state index contributed by atoms with van der Waals surface area (Å²) in [5.41, 5.74) is 2.36. The van der Waals surface area contributed by atoms with Gasteiger partial charge >= 0.3 is 0 Å². The topological polar surface area (TPSA) is 35.5 Å². The molecule has 0 aromatic heterocycles. The molecule has 0 heterocycles. The van der Waals surface area contributed by atoms with Gasteiger partial charge in [-0.3, -0.25) is 4.79 Å². The van der Waals surface area contributed by atoms with Gasteiger partial charge in [0.2, 0.25) is 0 Å². The molecular formula is C22H34O3. The van der Waals surface area contributed by atoms with Crippen LogP contribution in [0.25, 0.3) is 6.08 Å². The van der Waals surface area contributed by atoms with Crippen LogP contribution in [-0.2, 0) is 0 Å². The molecule has 0 saturated heterocycles. The monoisotopic (exact) mass is 346 g/mol. The molecule has 0 unspecified atom stereocenters. The van der Waals surface area contributed by atoms with E-state index in [4.69, 9.17) is 9.47 Å². The Kier molecular flexibility index (Phi) is 10.7. The maximum absolute atomic E-state index is 11.3. The molecule has 0 radical (unpaired) electrons. The fourth-order valence-electron chi connectivity index (χ4n) is 3.17. The number of unbranched alkanes of at least 4 members (excludes halogenated alkanes) is 8. The third-order valence-electron chi connectivity index (χ3n) is 4.53. The molecule has 3 heteroatoms. The molecule has 1 aromatic carbocycles. The molecule has 0 aliphatic heterocycles. The molecule has 25 heavy (non-hydrogen) atoms. The molecule has 0 aliphatic carbocycles. The van der Waals surface area contributed by atoms with Crippen LogP contribution < -0.4 is 9.47 Å². The van der Waals surface area contributed by atoms with Crippen LogP contribution >= 0.6 is 0 Å². The molecule has 140 valence electrons. The zero-order valence-corrected chi connectivity index (χ0v) is 16.4. The van der Waals surface area contributed by atoms with Crippen LogP contribution in [0.3, 0.4) is 0 Å². The van der Waals surface area contributed by atoms with Crippen LogP contribution in [-0.4, -0.2) is 20.5 Å². The van der Waals surface area contributed by atoms with E-state index in [1.54, 1.807) is 20.3 Å². The number of methoxy groups -OCH3 is 2. The first-order chi connectivity index (χ1) is 12.2. The molecule has 0 amide bonds. The highest BCUT2D eigenvalue weighted by Gasteiger charge is 2.15. The fraction of sp³-hybridized carbons (Fsp3) is 0.591. The first kappa shape index (κ1) is 21.3. The minimum Gasteiger partial charge on any atom is -0.496 e. The number of hydrogen-bond acceptors (Lipinski definition) is 3. The number of aryl methyl sites for hydroxylation is 1. The fourth-order valence-corrected chi connectivity index (χ4v) is 3.17. The third-order valence-corrected chi connectivity index (χ3v) is 4.53. The van der Waals surface area contributed by atoms with Crippen molar-refractivity contribution in [3.05, 3.63) is 28.8 Å². The van der Waals surface area contributed by atoms with Gasteiger partial charge in [-0.25, -0.2) is 0 Å². The van der Waals surface area contributed by atoms with Crippen molar-refractivity contribution >= 4 is 12.4 Å². The van der Waals surface area contributed by atoms with Crippen LogP contribution in [0.5, 0.6) is 11.5 Å². The highest BCUT2D eigenvalue weighted by molar-refractivity contribution is 5.85. The Labute approximate surface area is 153 Å². The largest absolute Gasteiger partial charge is 0.496 e. The van der Waals surface area contributed by atoms with Crippen molar-refractivity contribution < 1.29 is 14.3 Å². The van der Waals surface area contributed by atoms with Crippen molar-refractivity contribution in [2.45, 2.75) is 71.6 Å². The third kappa shape index (κ3) is 6.93. The zero-order chi connectivity index (χ0) is 18.5. The Balaban J connectivity index is 2.56. The zero-order valence-electron chi connectivity index (χ0n) is 16.4. The number of carbonyl (C=O) groups excluding carboxylic acids is 1. The number of carbonyl (C=O) groups is 1. The van der Waals surface area contributed by atoms with Crippen LogP contribution in [0.2, 0.25) is 0 Å². The molecule has 0 fully saturated rings. The van der Waals surface area contributed by atoms with E-state index in [2.05, 4.69) is 13.0 Å². The molecule has 1 rings (SSSR count). The Bertz CT molecular complexity index is 547. The SMILES string of the molecule is CCCCCCCCCC/C=C/c1c(OC)c(C)cc(C=O)c1OC. The van der Waals surface area contributed by atoms with Crippen LogP contribution in [0.4, 0.5) is 0 Å². The number of rotatable bonds is 13. The minimum absolute atomic E-state index is 0.563. The van der Waals surface area contributed by atoms with E-state index in [1.165, 1.54) is 51.4 Å². The second kappa shape index (κ2) is 12.6. The standard InChI is InChI=1S/C22H34O3/c1-5-6-7-8-9-10-11-12-13-14-15-20-21(24-3)18(2)16-19(17-23)22(20)25-4/h14-17H,5-13H2,1-4H3/b15-14+. The van der Waals surface area contributed by atoms with Crippen molar-refractivity contribution in [2.24, 2.45) is 0 Å². The number of allylic oxidation sites excluding steroid dienone is 1. The van der Waals surface area contributed by atoms with Crippen molar-refractivity contribution in [1.82, 2.24) is 0 Å². The van der Waals surface area contributed by atoms with Gasteiger partial charge in [0.05, 0.1) is 25.3 Å². The van der Waals surface area contributed by atoms with Crippen molar-refractivity contribution in [3.8, 4) is 11.5 Å². The maximum atomic E-state index is 11.3. The van der Waals surface area contributed by atoms with Crippen molar-refractivity contribution in [2.75, 3.05) is 14.2 Å². The molecule has 0 atom stereocenters. The van der Waals surface area contributed by atoms with Gasteiger partial charge in [-0.1, -0.05) is 64.0 Å². The molecule has 0 bridgehead atoms. The Morgan fingerprint density at radius 1 is 0.920 bits per heavy atom. The second-order valence-corrected chi connectivity index (χ2v) is 6.55. The normalized spacial score (nSPS) is 11.0. The summed E-state index contributed by atoms with van der Waals surface area (Å²) in [5.74, 6) is 1.36.